The number of rotatable bonds is 8. The highest BCUT2D eigenvalue weighted by Gasteiger charge is 2.15. The highest BCUT2D eigenvalue weighted by molar-refractivity contribution is 7.89. The highest BCUT2D eigenvalue weighted by atomic mass is 32.2. The molecule has 0 unspecified atom stereocenters. The fourth-order valence-corrected chi connectivity index (χ4v) is 2.97. The topological polar surface area (TPSA) is 58.2 Å². The molecule has 1 rings (SSSR count). The molecule has 114 valence electrons. The van der Waals surface area contributed by atoms with Crippen molar-refractivity contribution in [2.45, 2.75) is 38.1 Å². The van der Waals surface area contributed by atoms with E-state index in [1.165, 1.54) is 18.2 Å². The lowest BCUT2D eigenvalue weighted by molar-refractivity contribution is 0.539. The van der Waals surface area contributed by atoms with Crippen LogP contribution in [0.25, 0.3) is 0 Å². The van der Waals surface area contributed by atoms with Gasteiger partial charge in [-0.15, -0.1) is 0 Å². The molecule has 0 amide bonds. The Balaban J connectivity index is 2.74. The van der Waals surface area contributed by atoms with Gasteiger partial charge < -0.3 is 5.32 Å². The van der Waals surface area contributed by atoms with Crippen molar-refractivity contribution >= 4 is 10.0 Å². The van der Waals surface area contributed by atoms with E-state index in [2.05, 4.69) is 23.9 Å². The quantitative estimate of drug-likeness (QED) is 0.724. The number of halogens is 1. The zero-order chi connectivity index (χ0) is 15.2. The van der Waals surface area contributed by atoms with E-state index in [1.807, 2.05) is 0 Å². The SMILES string of the molecule is CNCc1cc(S(=O)(=O)NCCCC(C)C)ccc1F. The van der Waals surface area contributed by atoms with Gasteiger partial charge in [-0.2, -0.15) is 0 Å². The molecule has 0 radical (unpaired) electrons. The van der Waals surface area contributed by atoms with Crippen molar-refractivity contribution in [1.29, 1.82) is 0 Å². The molecule has 0 aliphatic rings. The zero-order valence-corrected chi connectivity index (χ0v) is 13.1. The van der Waals surface area contributed by atoms with Crippen LogP contribution in [0.1, 0.15) is 32.3 Å². The molecule has 1 aromatic carbocycles. The molecular weight excluding hydrogens is 279 g/mol. The number of hydrogen-bond donors (Lipinski definition) is 2. The molecule has 0 aromatic heterocycles. The molecule has 4 nitrogen and oxygen atoms in total. The molecule has 20 heavy (non-hydrogen) atoms. The van der Waals surface area contributed by atoms with Gasteiger partial charge in [-0.05, 0) is 44.0 Å². The maximum Gasteiger partial charge on any atom is 0.240 e. The Kier molecular flexibility index (Phi) is 6.58. The summed E-state index contributed by atoms with van der Waals surface area (Å²) >= 11 is 0. The zero-order valence-electron chi connectivity index (χ0n) is 12.2. The fourth-order valence-electron chi connectivity index (χ4n) is 1.84. The van der Waals surface area contributed by atoms with Gasteiger partial charge in [0.2, 0.25) is 10.0 Å². The Morgan fingerprint density at radius 3 is 2.60 bits per heavy atom. The second-order valence-electron chi connectivity index (χ2n) is 5.22. The minimum absolute atomic E-state index is 0.105. The van der Waals surface area contributed by atoms with Crippen molar-refractivity contribution in [3.05, 3.63) is 29.6 Å². The van der Waals surface area contributed by atoms with Crippen LogP contribution in [0.3, 0.4) is 0 Å². The largest absolute Gasteiger partial charge is 0.316 e. The maximum atomic E-state index is 13.5. The second-order valence-corrected chi connectivity index (χ2v) is 6.98. The van der Waals surface area contributed by atoms with E-state index < -0.39 is 15.8 Å². The molecule has 0 fully saturated rings. The van der Waals surface area contributed by atoms with E-state index in [4.69, 9.17) is 0 Å². The molecular formula is C14H23FN2O2S. The Bertz CT molecular complexity index is 530. The monoisotopic (exact) mass is 302 g/mol. The van der Waals surface area contributed by atoms with Crippen LogP contribution in [-0.4, -0.2) is 22.0 Å². The Morgan fingerprint density at radius 2 is 2.00 bits per heavy atom. The van der Waals surface area contributed by atoms with Crippen molar-refractivity contribution in [2.24, 2.45) is 5.92 Å². The first-order chi connectivity index (χ1) is 9.36. The average Bonchev–Trinajstić information content (AvgIpc) is 2.37. The van der Waals surface area contributed by atoms with Crippen LogP contribution in [0.4, 0.5) is 4.39 Å². The summed E-state index contributed by atoms with van der Waals surface area (Å²) in [7, 11) is -1.87. The van der Waals surface area contributed by atoms with Gasteiger partial charge in [0.15, 0.2) is 0 Å². The summed E-state index contributed by atoms with van der Waals surface area (Å²) in [4.78, 5) is 0.105. The summed E-state index contributed by atoms with van der Waals surface area (Å²) in [5.74, 6) is 0.144. The van der Waals surface area contributed by atoms with Gasteiger partial charge in [0.1, 0.15) is 5.82 Å². The summed E-state index contributed by atoms with van der Waals surface area (Å²) in [5, 5.41) is 2.81. The Hall–Kier alpha value is -0.980. The van der Waals surface area contributed by atoms with E-state index >= 15 is 0 Å². The lowest BCUT2D eigenvalue weighted by atomic mass is 10.1. The molecule has 0 aliphatic carbocycles. The van der Waals surface area contributed by atoms with Crippen LogP contribution < -0.4 is 10.0 Å². The average molecular weight is 302 g/mol. The number of hydrogen-bond acceptors (Lipinski definition) is 3. The minimum atomic E-state index is -3.56. The molecule has 2 N–H and O–H groups in total. The van der Waals surface area contributed by atoms with Crippen LogP contribution >= 0.6 is 0 Å². The molecule has 0 aliphatic heterocycles. The second kappa shape index (κ2) is 7.71. The van der Waals surface area contributed by atoms with E-state index in [0.29, 0.717) is 24.6 Å². The standard InChI is InChI=1S/C14H23FN2O2S/c1-11(2)5-4-8-17-20(18,19)13-6-7-14(15)12(9-13)10-16-3/h6-7,9,11,16-17H,4-5,8,10H2,1-3H3. The van der Waals surface area contributed by atoms with E-state index in [1.54, 1.807) is 7.05 Å². The van der Waals surface area contributed by atoms with Crippen molar-refractivity contribution < 1.29 is 12.8 Å². The van der Waals surface area contributed by atoms with Gasteiger partial charge >= 0.3 is 0 Å². The predicted octanol–water partition coefficient (Wildman–Crippen LogP) is 2.26. The predicted molar refractivity (Wildman–Crippen MR) is 78.4 cm³/mol. The lowest BCUT2D eigenvalue weighted by Gasteiger charge is -2.10. The van der Waals surface area contributed by atoms with E-state index in [9.17, 15) is 12.8 Å². The maximum absolute atomic E-state index is 13.5. The minimum Gasteiger partial charge on any atom is -0.316 e. The first-order valence-electron chi connectivity index (χ1n) is 6.79. The highest BCUT2D eigenvalue weighted by Crippen LogP contribution is 2.15. The van der Waals surface area contributed by atoms with Crippen molar-refractivity contribution in [3.63, 3.8) is 0 Å². The fraction of sp³-hybridized carbons (Fsp3) is 0.571. The molecule has 0 atom stereocenters. The number of nitrogens with one attached hydrogen (secondary N) is 2. The first kappa shape index (κ1) is 17.1. The smallest absolute Gasteiger partial charge is 0.240 e. The summed E-state index contributed by atoms with van der Waals surface area (Å²) in [5.41, 5.74) is 0.345. The third kappa shape index (κ3) is 5.19. The van der Waals surface area contributed by atoms with Gasteiger partial charge in [0, 0.05) is 18.7 Å². The van der Waals surface area contributed by atoms with E-state index in [-0.39, 0.29) is 4.90 Å². The van der Waals surface area contributed by atoms with Gasteiger partial charge in [0.05, 0.1) is 4.90 Å². The summed E-state index contributed by atoms with van der Waals surface area (Å²) in [6, 6.07) is 3.85. The Labute approximate surface area is 120 Å². The summed E-state index contributed by atoms with van der Waals surface area (Å²) in [6.45, 7) is 4.89. The van der Waals surface area contributed by atoms with E-state index in [0.717, 1.165) is 12.8 Å². The van der Waals surface area contributed by atoms with Crippen LogP contribution in [0.2, 0.25) is 0 Å². The van der Waals surface area contributed by atoms with Gasteiger partial charge in [-0.1, -0.05) is 13.8 Å². The first-order valence-corrected chi connectivity index (χ1v) is 8.28. The van der Waals surface area contributed by atoms with Crippen LogP contribution in [0, 0.1) is 11.7 Å². The normalized spacial score (nSPS) is 12.1. The van der Waals surface area contributed by atoms with Gasteiger partial charge in [-0.3, -0.25) is 0 Å². The van der Waals surface area contributed by atoms with Crippen molar-refractivity contribution in [1.82, 2.24) is 10.0 Å². The summed E-state index contributed by atoms with van der Waals surface area (Å²) in [6.07, 6.45) is 1.76. The Morgan fingerprint density at radius 1 is 1.30 bits per heavy atom. The number of benzene rings is 1. The molecule has 1 aromatic rings. The lowest BCUT2D eigenvalue weighted by Crippen LogP contribution is -2.25. The molecule has 0 saturated carbocycles. The summed E-state index contributed by atoms with van der Waals surface area (Å²) < 4.78 is 40.2. The van der Waals surface area contributed by atoms with Crippen LogP contribution in [0.15, 0.2) is 23.1 Å². The molecule has 0 heterocycles. The van der Waals surface area contributed by atoms with Gasteiger partial charge in [0.25, 0.3) is 0 Å². The molecule has 0 bridgehead atoms. The molecule has 6 heteroatoms. The third-order valence-corrected chi connectivity index (χ3v) is 4.40. The molecule has 0 saturated heterocycles. The van der Waals surface area contributed by atoms with Crippen molar-refractivity contribution in [3.8, 4) is 0 Å². The molecule has 0 spiro atoms. The van der Waals surface area contributed by atoms with Crippen LogP contribution in [0.5, 0.6) is 0 Å². The number of sulfonamides is 1. The van der Waals surface area contributed by atoms with Gasteiger partial charge in [-0.25, -0.2) is 17.5 Å². The van der Waals surface area contributed by atoms with Crippen LogP contribution in [-0.2, 0) is 16.6 Å². The van der Waals surface area contributed by atoms with Crippen molar-refractivity contribution in [2.75, 3.05) is 13.6 Å². The third-order valence-electron chi connectivity index (χ3n) is 2.95.